The fourth-order valence-electron chi connectivity index (χ4n) is 6.38. The Bertz CT molecular complexity index is 2770. The van der Waals surface area contributed by atoms with Crippen LogP contribution >= 0.6 is 0 Å². The van der Waals surface area contributed by atoms with Crippen LogP contribution in [0.4, 0.5) is 0 Å². The number of hydrogen-bond acceptors (Lipinski definition) is 3. The maximum Gasteiger partial charge on any atom is 0.164 e. The summed E-state index contributed by atoms with van der Waals surface area (Å²) in [5.41, 5.74) is 6.28. The number of nitrogens with zero attached hydrogens (tertiary/aromatic N) is 4. The first kappa shape index (κ1) is 22.2. The molecule has 0 N–H and O–H groups in total. The smallest absolute Gasteiger partial charge is 0.164 e. The zero-order valence-electron chi connectivity index (χ0n) is 30.1. The molecule has 7 aromatic carbocycles. The van der Waals surface area contributed by atoms with Crippen LogP contribution in [0.2, 0.25) is 0 Å². The van der Waals surface area contributed by atoms with Crippen LogP contribution in [0.15, 0.2) is 170 Å². The van der Waals surface area contributed by atoms with Gasteiger partial charge in [-0.15, -0.1) is 0 Å². The summed E-state index contributed by atoms with van der Waals surface area (Å²) in [6, 6.07) is 44.6. The topological polar surface area (TPSA) is 43.6 Å². The molecule has 2 aromatic heterocycles. The molecule has 0 aliphatic carbocycles. The Morgan fingerprint density at radius 1 is 0.404 bits per heavy atom. The third kappa shape index (κ3) is 4.66. The minimum Gasteiger partial charge on any atom is -0.309 e. The lowest BCUT2D eigenvalue weighted by Crippen LogP contribution is -2.01. The Balaban J connectivity index is 1.27. The van der Waals surface area contributed by atoms with Gasteiger partial charge in [0, 0.05) is 32.8 Å². The SMILES string of the molecule is [2H]c1c([2H])c([2H])c(-c2ccc3c(c2)c2ccccc2n3-c2ccc(-c3nc(-c4ccccc4)nc(-c4ccccc4)n3)c3ccccc23)c([2H])c1[2H]. The van der Waals surface area contributed by atoms with Gasteiger partial charge < -0.3 is 4.57 Å². The third-order valence-corrected chi connectivity index (χ3v) is 8.54. The predicted octanol–water partition coefficient (Wildman–Crippen LogP) is 10.8. The number of rotatable bonds is 5. The van der Waals surface area contributed by atoms with E-state index in [0.717, 1.165) is 55.0 Å². The quantitative estimate of drug-likeness (QED) is 0.196. The van der Waals surface area contributed by atoms with Gasteiger partial charge in [-0.25, -0.2) is 15.0 Å². The van der Waals surface area contributed by atoms with Crippen molar-refractivity contribution in [1.29, 1.82) is 0 Å². The summed E-state index contributed by atoms with van der Waals surface area (Å²) in [4.78, 5) is 14.9. The lowest BCUT2D eigenvalue weighted by molar-refractivity contribution is 1.08. The van der Waals surface area contributed by atoms with Gasteiger partial charge in [0.1, 0.15) is 0 Å². The van der Waals surface area contributed by atoms with E-state index >= 15 is 0 Å². The first-order valence-electron chi connectivity index (χ1n) is 17.9. The van der Waals surface area contributed by atoms with Gasteiger partial charge >= 0.3 is 0 Å². The van der Waals surface area contributed by atoms with Gasteiger partial charge in [-0.1, -0.05) is 139 Å². The molecule has 0 aliphatic heterocycles. The molecule has 0 aliphatic rings. The molecule has 2 heterocycles. The second-order valence-corrected chi connectivity index (χ2v) is 11.3. The van der Waals surface area contributed by atoms with E-state index in [1.165, 1.54) is 0 Å². The fraction of sp³-hybridized carbons (Fsp3) is 0. The van der Waals surface area contributed by atoms with Crippen molar-refractivity contribution in [2.75, 3.05) is 0 Å². The van der Waals surface area contributed by atoms with Crippen LogP contribution in [0.25, 0.3) is 83.6 Å². The summed E-state index contributed by atoms with van der Waals surface area (Å²) in [5, 5.41) is 3.87. The molecule has 0 fully saturated rings. The van der Waals surface area contributed by atoms with Gasteiger partial charge in [-0.3, -0.25) is 0 Å². The summed E-state index contributed by atoms with van der Waals surface area (Å²) in [7, 11) is 0. The minimum atomic E-state index is -0.406. The molecule has 0 unspecified atom stereocenters. The van der Waals surface area contributed by atoms with Gasteiger partial charge in [-0.05, 0) is 46.8 Å². The Morgan fingerprint density at radius 3 is 1.68 bits per heavy atom. The molecule has 0 spiro atoms. The summed E-state index contributed by atoms with van der Waals surface area (Å²) < 4.78 is 44.0. The number of hydrogen-bond donors (Lipinski definition) is 0. The maximum atomic E-state index is 8.60. The number of benzene rings is 7. The van der Waals surface area contributed by atoms with Crippen LogP contribution < -0.4 is 0 Å². The van der Waals surface area contributed by atoms with Gasteiger partial charge in [-0.2, -0.15) is 0 Å². The van der Waals surface area contributed by atoms with Crippen LogP contribution in [-0.2, 0) is 0 Å². The van der Waals surface area contributed by atoms with Crippen molar-refractivity contribution < 1.29 is 6.85 Å². The Labute approximate surface area is 279 Å². The first-order valence-corrected chi connectivity index (χ1v) is 15.4. The van der Waals surface area contributed by atoms with Crippen molar-refractivity contribution in [3.8, 4) is 51.0 Å². The van der Waals surface area contributed by atoms with Gasteiger partial charge in [0.05, 0.1) is 23.6 Å². The van der Waals surface area contributed by atoms with Crippen LogP contribution in [0, 0.1) is 0 Å². The number of fused-ring (bicyclic) bond motifs is 4. The maximum absolute atomic E-state index is 8.60. The standard InChI is InChI=1S/C43H28N4/c1-4-14-29(15-5-1)32-24-26-40-37(28-32)35-22-12-13-23-38(35)47(40)39-27-25-36(33-20-10-11-21-34(33)39)43-45-41(30-16-6-2-7-17-30)44-42(46-43)31-18-8-3-9-19-31/h1-28H/i1D,4D,5D,14D,15D. The van der Waals surface area contributed by atoms with Crippen LogP contribution in [0.3, 0.4) is 0 Å². The highest BCUT2D eigenvalue weighted by atomic mass is 15.0. The average molecular weight is 606 g/mol. The molecule has 0 amide bonds. The van der Waals surface area contributed by atoms with Crippen LogP contribution in [-0.4, -0.2) is 19.5 Å². The van der Waals surface area contributed by atoms with E-state index in [1.54, 1.807) is 0 Å². The van der Waals surface area contributed by atoms with E-state index in [4.69, 9.17) is 21.8 Å². The molecular formula is C43H28N4. The van der Waals surface area contributed by atoms with Gasteiger partial charge in [0.25, 0.3) is 0 Å². The second kappa shape index (κ2) is 11.2. The van der Waals surface area contributed by atoms with E-state index < -0.39 is 6.04 Å². The highest BCUT2D eigenvalue weighted by Gasteiger charge is 2.19. The molecular weight excluding hydrogens is 573 g/mol. The van der Waals surface area contributed by atoms with Gasteiger partial charge in [0.2, 0.25) is 0 Å². The molecule has 220 valence electrons. The average Bonchev–Trinajstić information content (AvgIpc) is 3.53. The molecule has 0 radical (unpaired) electrons. The van der Waals surface area contributed by atoms with Crippen molar-refractivity contribution in [3.05, 3.63) is 170 Å². The number of para-hydroxylation sites is 1. The fourth-order valence-corrected chi connectivity index (χ4v) is 6.38. The van der Waals surface area contributed by atoms with Crippen molar-refractivity contribution in [2.45, 2.75) is 0 Å². The zero-order chi connectivity index (χ0) is 35.5. The highest BCUT2D eigenvalue weighted by molar-refractivity contribution is 6.12. The van der Waals surface area contributed by atoms with E-state index in [2.05, 4.69) is 41.0 Å². The Hall–Kier alpha value is -6.39. The molecule has 9 rings (SSSR count). The van der Waals surface area contributed by atoms with Crippen LogP contribution in [0.1, 0.15) is 6.85 Å². The molecule has 47 heavy (non-hydrogen) atoms. The van der Waals surface area contributed by atoms with Crippen molar-refractivity contribution in [3.63, 3.8) is 0 Å². The highest BCUT2D eigenvalue weighted by Crippen LogP contribution is 2.39. The molecule has 4 heteroatoms. The lowest BCUT2D eigenvalue weighted by atomic mass is 10.0. The summed E-state index contributed by atoms with van der Waals surface area (Å²) in [6.45, 7) is 0. The number of aromatic nitrogens is 4. The zero-order valence-corrected chi connectivity index (χ0v) is 25.1. The molecule has 0 saturated carbocycles. The molecule has 0 atom stereocenters. The normalized spacial score (nSPS) is 12.9. The van der Waals surface area contributed by atoms with E-state index in [9.17, 15) is 0 Å². The van der Waals surface area contributed by atoms with Crippen molar-refractivity contribution in [2.24, 2.45) is 0 Å². The Kier molecular flexibility index (Phi) is 5.28. The summed E-state index contributed by atoms with van der Waals surface area (Å²) in [5.74, 6) is 1.76. The second-order valence-electron chi connectivity index (χ2n) is 11.3. The Morgan fingerprint density at radius 2 is 0.979 bits per heavy atom. The predicted molar refractivity (Wildman–Crippen MR) is 193 cm³/mol. The minimum absolute atomic E-state index is 0.182. The molecule has 9 aromatic rings. The van der Waals surface area contributed by atoms with E-state index in [0.29, 0.717) is 23.0 Å². The molecule has 0 bridgehead atoms. The first-order chi connectivity index (χ1) is 25.4. The van der Waals surface area contributed by atoms with E-state index in [-0.39, 0.29) is 29.7 Å². The largest absolute Gasteiger partial charge is 0.309 e. The summed E-state index contributed by atoms with van der Waals surface area (Å²) in [6.07, 6.45) is 0. The van der Waals surface area contributed by atoms with Crippen LogP contribution in [0.5, 0.6) is 0 Å². The summed E-state index contributed by atoms with van der Waals surface area (Å²) >= 11 is 0. The monoisotopic (exact) mass is 605 g/mol. The molecule has 0 saturated heterocycles. The third-order valence-electron chi connectivity index (χ3n) is 8.54. The van der Waals surface area contributed by atoms with E-state index in [1.807, 2.05) is 103 Å². The lowest BCUT2D eigenvalue weighted by Gasteiger charge is -2.15. The van der Waals surface area contributed by atoms with Gasteiger partial charge in [0.15, 0.2) is 17.5 Å². The van der Waals surface area contributed by atoms with Crippen molar-refractivity contribution in [1.82, 2.24) is 19.5 Å². The van der Waals surface area contributed by atoms with Crippen molar-refractivity contribution >= 4 is 32.6 Å². The molecule has 4 nitrogen and oxygen atoms in total.